The van der Waals surface area contributed by atoms with Gasteiger partial charge in [0.15, 0.2) is 0 Å². The van der Waals surface area contributed by atoms with E-state index < -0.39 is 12.1 Å². The van der Waals surface area contributed by atoms with E-state index in [-0.39, 0.29) is 28.3 Å². The van der Waals surface area contributed by atoms with E-state index in [0.717, 1.165) is 13.0 Å². The van der Waals surface area contributed by atoms with E-state index >= 15 is 0 Å². The van der Waals surface area contributed by atoms with Gasteiger partial charge < -0.3 is 37.0 Å². The summed E-state index contributed by atoms with van der Waals surface area (Å²) in [6, 6.07) is -1.21. The standard InChI is InChI=1S/C13H24N5O2.Ni/c14-6-2-8-16-12(19)10-4-1-5-11(18-10)13(20)17-9-3-7-15;/h1,4,10-11H,2-3,5-9,14-15H2,(H,16,19)(H,17,20);/q-1;/p-1. The molecule has 124 valence electrons. The number of nitrogens with two attached hydrogens (primary N) is 1. The molecule has 8 heteroatoms. The molecule has 1 aliphatic rings. The molecule has 0 aromatic rings. The van der Waals surface area contributed by atoms with Crippen LogP contribution in [0.2, 0.25) is 0 Å². The molecule has 1 aliphatic heterocycles. The molecule has 0 bridgehead atoms. The SMILES string of the molecule is NCCCN=C([O-])C1C=CCC(C([O-])=NCCC[NH3+])[N-]1.[Ni]. The Hall–Kier alpha value is -0.946. The van der Waals surface area contributed by atoms with Crippen molar-refractivity contribution < 1.29 is 32.4 Å². The van der Waals surface area contributed by atoms with Crippen LogP contribution in [0.5, 0.6) is 0 Å². The van der Waals surface area contributed by atoms with Crippen molar-refractivity contribution in [1.29, 1.82) is 0 Å². The molecule has 0 fully saturated rings. The third-order valence-electron chi connectivity index (χ3n) is 2.86. The molecule has 5 N–H and O–H groups in total. The Kier molecular flexibility index (Phi) is 11.2. The van der Waals surface area contributed by atoms with Gasteiger partial charge in [-0.3, -0.25) is 0 Å². The monoisotopic (exact) mass is 339 g/mol. The minimum atomic E-state index is -0.654. The molecule has 2 atom stereocenters. The van der Waals surface area contributed by atoms with Crippen molar-refractivity contribution in [3.8, 4) is 0 Å². The smallest absolute Gasteiger partial charge is 0.0757 e. The Balaban J connectivity index is 0.00000400. The van der Waals surface area contributed by atoms with Crippen molar-refractivity contribution in [1.82, 2.24) is 0 Å². The zero-order valence-corrected chi connectivity index (χ0v) is 13.0. The fourth-order valence-corrected chi connectivity index (χ4v) is 1.73. The zero-order chi connectivity index (χ0) is 14.8. The molecule has 0 saturated carbocycles. The maximum Gasteiger partial charge on any atom is 0.0757 e. The molecule has 0 radical (unpaired) electrons. The summed E-state index contributed by atoms with van der Waals surface area (Å²) in [6.45, 7) is 2.12. The van der Waals surface area contributed by atoms with Gasteiger partial charge in [-0.25, -0.2) is 0 Å². The van der Waals surface area contributed by atoms with Gasteiger partial charge in [0, 0.05) is 36.0 Å². The van der Waals surface area contributed by atoms with Crippen molar-refractivity contribution in [3.05, 3.63) is 17.5 Å². The van der Waals surface area contributed by atoms with Crippen molar-refractivity contribution in [3.63, 3.8) is 0 Å². The van der Waals surface area contributed by atoms with E-state index in [1.54, 1.807) is 12.2 Å². The molecule has 7 nitrogen and oxygen atoms in total. The second-order valence-electron chi connectivity index (χ2n) is 4.56. The third kappa shape index (κ3) is 7.57. The van der Waals surface area contributed by atoms with Gasteiger partial charge in [-0.05, 0) is 19.4 Å². The van der Waals surface area contributed by atoms with Crippen LogP contribution in [0.4, 0.5) is 0 Å². The molecule has 21 heavy (non-hydrogen) atoms. The van der Waals surface area contributed by atoms with Crippen LogP contribution in [0.25, 0.3) is 5.32 Å². The zero-order valence-electron chi connectivity index (χ0n) is 12.0. The van der Waals surface area contributed by atoms with E-state index in [2.05, 4.69) is 21.0 Å². The number of hydrogen-bond donors (Lipinski definition) is 2. The largest absolute Gasteiger partial charge is 0.863 e. The van der Waals surface area contributed by atoms with E-state index in [4.69, 9.17) is 5.73 Å². The number of aliphatic imine (C=N–C) groups is 2. The second kappa shape index (κ2) is 11.7. The summed E-state index contributed by atoms with van der Waals surface area (Å²) in [5.74, 6) is -0.576. The Bertz CT molecular complexity index is 374. The Morgan fingerprint density at radius 2 is 1.90 bits per heavy atom. The van der Waals surface area contributed by atoms with Gasteiger partial charge in [-0.2, -0.15) is 0 Å². The quantitative estimate of drug-likeness (QED) is 0.167. The van der Waals surface area contributed by atoms with Crippen LogP contribution in [0.1, 0.15) is 19.3 Å². The average molecular weight is 340 g/mol. The summed E-state index contributed by atoms with van der Waals surface area (Å²) >= 11 is 0. The van der Waals surface area contributed by atoms with Crippen LogP contribution < -0.4 is 21.7 Å². The predicted molar refractivity (Wildman–Crippen MR) is 75.3 cm³/mol. The first kappa shape index (κ1) is 20.1. The maximum atomic E-state index is 11.8. The van der Waals surface area contributed by atoms with Crippen LogP contribution in [0.3, 0.4) is 0 Å². The van der Waals surface area contributed by atoms with E-state index in [1.165, 1.54) is 0 Å². The average Bonchev–Trinajstić information content (AvgIpc) is 2.47. The molecule has 2 unspecified atom stereocenters. The topological polar surface area (TPSA) is 139 Å². The number of rotatable bonds is 8. The first-order valence-electron chi connectivity index (χ1n) is 6.97. The van der Waals surface area contributed by atoms with Crippen molar-refractivity contribution >= 4 is 11.8 Å². The van der Waals surface area contributed by atoms with Crippen LogP contribution in [0.15, 0.2) is 22.1 Å². The van der Waals surface area contributed by atoms with Gasteiger partial charge in [0.2, 0.25) is 0 Å². The van der Waals surface area contributed by atoms with Gasteiger partial charge in [-0.15, -0.1) is 12.1 Å². The van der Waals surface area contributed by atoms with Gasteiger partial charge in [0.05, 0.1) is 6.54 Å². The summed E-state index contributed by atoms with van der Waals surface area (Å²) in [6.07, 6.45) is 5.44. The van der Waals surface area contributed by atoms with Crippen LogP contribution in [0, 0.1) is 0 Å². The summed E-state index contributed by atoms with van der Waals surface area (Å²) in [7, 11) is 0. The molecule has 0 spiro atoms. The number of quaternary nitrogens is 1. The fourth-order valence-electron chi connectivity index (χ4n) is 1.73. The summed E-state index contributed by atoms with van der Waals surface area (Å²) in [4.78, 5) is 7.83. The minimum absolute atomic E-state index is 0. The summed E-state index contributed by atoms with van der Waals surface area (Å²) in [5.41, 5.74) is 9.04. The number of nitrogens with zero attached hydrogens (tertiary/aromatic N) is 3. The Labute approximate surface area is 135 Å². The molecule has 1 rings (SSSR count). The van der Waals surface area contributed by atoms with Crippen LogP contribution >= 0.6 is 0 Å². The molecule has 1 heterocycles. The molecule has 0 aromatic heterocycles. The summed E-state index contributed by atoms with van der Waals surface area (Å²) < 4.78 is 0. The van der Waals surface area contributed by atoms with Crippen LogP contribution in [-0.2, 0) is 16.5 Å². The molecule has 0 amide bonds. The van der Waals surface area contributed by atoms with Crippen LogP contribution in [-0.4, -0.2) is 50.1 Å². The number of hydrogen-bond acceptors (Lipinski definition) is 5. The molecule has 0 saturated heterocycles. The fraction of sp³-hybridized carbons (Fsp3) is 0.692. The summed E-state index contributed by atoms with van der Waals surface area (Å²) in [5, 5.41) is 27.8. The third-order valence-corrected chi connectivity index (χ3v) is 2.86. The predicted octanol–water partition coefficient (Wildman–Crippen LogP) is -2.45. The van der Waals surface area contributed by atoms with E-state index in [9.17, 15) is 10.2 Å². The van der Waals surface area contributed by atoms with Crippen molar-refractivity contribution in [2.75, 3.05) is 26.2 Å². The molecular weight excluding hydrogens is 317 g/mol. The molecular formula is C13H23N5NiO2-2. The van der Waals surface area contributed by atoms with Gasteiger partial charge >= 0.3 is 0 Å². The maximum absolute atomic E-state index is 11.8. The second-order valence-corrected chi connectivity index (χ2v) is 4.56. The van der Waals surface area contributed by atoms with Gasteiger partial charge in [0.1, 0.15) is 0 Å². The van der Waals surface area contributed by atoms with E-state index in [0.29, 0.717) is 32.5 Å². The normalized spacial score (nSPS) is 23.0. The van der Waals surface area contributed by atoms with Crippen molar-refractivity contribution in [2.45, 2.75) is 31.3 Å². The van der Waals surface area contributed by atoms with E-state index in [1.807, 2.05) is 0 Å². The first-order valence-corrected chi connectivity index (χ1v) is 6.97. The molecule has 0 aromatic carbocycles. The Morgan fingerprint density at radius 3 is 2.57 bits per heavy atom. The van der Waals surface area contributed by atoms with Gasteiger partial charge in [-0.1, -0.05) is 23.9 Å². The Morgan fingerprint density at radius 1 is 1.24 bits per heavy atom. The van der Waals surface area contributed by atoms with Crippen molar-refractivity contribution in [2.24, 2.45) is 15.7 Å². The first-order chi connectivity index (χ1) is 9.69. The minimum Gasteiger partial charge on any atom is -0.863 e. The van der Waals surface area contributed by atoms with Gasteiger partial charge in [0.25, 0.3) is 0 Å². The molecule has 0 aliphatic carbocycles.